The van der Waals surface area contributed by atoms with Crippen molar-refractivity contribution in [1.82, 2.24) is 0 Å². The first-order valence-corrected chi connectivity index (χ1v) is 11.1. The van der Waals surface area contributed by atoms with Crippen molar-refractivity contribution >= 4 is 11.6 Å². The van der Waals surface area contributed by atoms with Crippen LogP contribution in [0.5, 0.6) is 23.0 Å². The van der Waals surface area contributed by atoms with Crippen molar-refractivity contribution in [3.63, 3.8) is 0 Å². The SMILES string of the molecule is CCOc1cc2c(cc1OCC)C(c1ccccc1OC)N(c1ccc(OC)cc1)C(=O)C2. The zero-order valence-corrected chi connectivity index (χ0v) is 19.5. The van der Waals surface area contributed by atoms with Crippen LogP contribution in [0.1, 0.15) is 36.6 Å². The molecule has 1 atom stereocenters. The monoisotopic (exact) mass is 447 g/mol. The number of carbonyl (C=O) groups excluding carboxylic acids is 1. The fourth-order valence-corrected chi connectivity index (χ4v) is 4.33. The van der Waals surface area contributed by atoms with Gasteiger partial charge in [0.25, 0.3) is 0 Å². The summed E-state index contributed by atoms with van der Waals surface area (Å²) in [4.78, 5) is 15.4. The molecule has 1 aliphatic rings. The van der Waals surface area contributed by atoms with E-state index in [1.54, 1.807) is 14.2 Å². The van der Waals surface area contributed by atoms with E-state index in [-0.39, 0.29) is 18.4 Å². The van der Waals surface area contributed by atoms with Gasteiger partial charge in [0, 0.05) is 11.3 Å². The molecule has 0 spiro atoms. The summed E-state index contributed by atoms with van der Waals surface area (Å²) in [5.41, 5.74) is 3.60. The Balaban J connectivity index is 1.94. The highest BCUT2D eigenvalue weighted by Gasteiger charge is 2.37. The van der Waals surface area contributed by atoms with Gasteiger partial charge in [-0.15, -0.1) is 0 Å². The number of hydrogen-bond donors (Lipinski definition) is 0. The summed E-state index contributed by atoms with van der Waals surface area (Å²) in [6.45, 7) is 4.91. The van der Waals surface area contributed by atoms with E-state index in [4.69, 9.17) is 18.9 Å². The van der Waals surface area contributed by atoms with E-state index >= 15 is 0 Å². The number of fused-ring (bicyclic) bond motifs is 1. The van der Waals surface area contributed by atoms with E-state index < -0.39 is 0 Å². The Morgan fingerprint density at radius 3 is 2.12 bits per heavy atom. The summed E-state index contributed by atoms with van der Waals surface area (Å²) in [7, 11) is 3.27. The third-order valence-corrected chi connectivity index (χ3v) is 5.75. The molecule has 4 rings (SSSR count). The lowest BCUT2D eigenvalue weighted by Crippen LogP contribution is -2.41. The normalized spacial score (nSPS) is 15.1. The molecule has 33 heavy (non-hydrogen) atoms. The molecule has 6 nitrogen and oxygen atoms in total. The molecular weight excluding hydrogens is 418 g/mol. The molecule has 0 saturated carbocycles. The summed E-state index contributed by atoms with van der Waals surface area (Å²) in [5, 5.41) is 0. The molecule has 1 aliphatic heterocycles. The fraction of sp³-hybridized carbons (Fsp3) is 0.296. The van der Waals surface area contributed by atoms with Crippen molar-refractivity contribution in [2.24, 2.45) is 0 Å². The van der Waals surface area contributed by atoms with Gasteiger partial charge in [0.05, 0.1) is 39.9 Å². The number of anilines is 1. The quantitative estimate of drug-likeness (QED) is 0.476. The number of methoxy groups -OCH3 is 2. The maximum absolute atomic E-state index is 13.6. The first-order chi connectivity index (χ1) is 16.1. The number of ether oxygens (including phenoxy) is 4. The van der Waals surface area contributed by atoms with Crippen LogP contribution in [-0.4, -0.2) is 33.3 Å². The van der Waals surface area contributed by atoms with E-state index in [9.17, 15) is 4.79 Å². The molecule has 0 N–H and O–H groups in total. The molecule has 0 bridgehead atoms. The molecule has 0 radical (unpaired) electrons. The van der Waals surface area contributed by atoms with Crippen LogP contribution in [0, 0.1) is 0 Å². The Kier molecular flexibility index (Phi) is 6.73. The fourth-order valence-electron chi connectivity index (χ4n) is 4.33. The highest BCUT2D eigenvalue weighted by Crippen LogP contribution is 2.45. The Hall–Kier alpha value is -3.67. The molecule has 0 saturated heterocycles. The zero-order chi connectivity index (χ0) is 23.4. The number of hydrogen-bond acceptors (Lipinski definition) is 5. The van der Waals surface area contributed by atoms with Gasteiger partial charge in [-0.25, -0.2) is 0 Å². The number of benzene rings is 3. The van der Waals surface area contributed by atoms with Crippen LogP contribution in [0.2, 0.25) is 0 Å². The molecule has 172 valence electrons. The number of nitrogens with zero attached hydrogens (tertiary/aromatic N) is 1. The number of amides is 1. The van der Waals surface area contributed by atoms with Gasteiger partial charge in [0.1, 0.15) is 11.5 Å². The van der Waals surface area contributed by atoms with Gasteiger partial charge in [-0.1, -0.05) is 18.2 Å². The molecule has 0 fully saturated rings. The number of rotatable bonds is 8. The first kappa shape index (κ1) is 22.5. The summed E-state index contributed by atoms with van der Waals surface area (Å²) in [6, 6.07) is 18.9. The van der Waals surface area contributed by atoms with Gasteiger partial charge in [-0.3, -0.25) is 4.79 Å². The predicted octanol–water partition coefficient (Wildman–Crippen LogP) is 5.18. The molecule has 1 heterocycles. The van der Waals surface area contributed by atoms with Gasteiger partial charge < -0.3 is 23.8 Å². The minimum absolute atomic E-state index is 0.00446. The second-order valence-electron chi connectivity index (χ2n) is 7.65. The van der Waals surface area contributed by atoms with Crippen LogP contribution >= 0.6 is 0 Å². The minimum atomic E-state index is -0.388. The standard InChI is InChI=1S/C27H29NO5/c1-5-32-24-15-18-16-26(29)28(19-11-13-20(30-3)14-12-19)27(22(18)17-25(24)33-6-2)21-9-7-8-10-23(21)31-4/h7-15,17,27H,5-6,16H2,1-4H3. The van der Waals surface area contributed by atoms with Crippen LogP contribution in [0.4, 0.5) is 5.69 Å². The van der Waals surface area contributed by atoms with Crippen LogP contribution in [0.3, 0.4) is 0 Å². The maximum atomic E-state index is 13.6. The van der Waals surface area contributed by atoms with E-state index in [0.29, 0.717) is 30.5 Å². The topological polar surface area (TPSA) is 57.2 Å². The Morgan fingerprint density at radius 1 is 0.818 bits per heavy atom. The minimum Gasteiger partial charge on any atom is -0.497 e. The highest BCUT2D eigenvalue weighted by molar-refractivity contribution is 5.98. The van der Waals surface area contributed by atoms with Crippen molar-refractivity contribution in [2.45, 2.75) is 26.3 Å². The molecule has 3 aromatic rings. The van der Waals surface area contributed by atoms with Gasteiger partial charge in [-0.2, -0.15) is 0 Å². The summed E-state index contributed by atoms with van der Waals surface area (Å²) < 4.78 is 22.8. The average molecular weight is 448 g/mol. The number of para-hydroxylation sites is 1. The van der Waals surface area contributed by atoms with Crippen LogP contribution in [-0.2, 0) is 11.2 Å². The van der Waals surface area contributed by atoms with E-state index in [0.717, 1.165) is 28.1 Å². The molecule has 1 amide bonds. The zero-order valence-electron chi connectivity index (χ0n) is 19.5. The summed E-state index contributed by atoms with van der Waals surface area (Å²) in [5.74, 6) is 2.77. The molecular formula is C27H29NO5. The summed E-state index contributed by atoms with van der Waals surface area (Å²) >= 11 is 0. The molecule has 0 aromatic heterocycles. The molecule has 6 heteroatoms. The van der Waals surface area contributed by atoms with Crippen molar-refractivity contribution in [3.05, 3.63) is 77.4 Å². The van der Waals surface area contributed by atoms with Crippen molar-refractivity contribution in [2.75, 3.05) is 32.3 Å². The van der Waals surface area contributed by atoms with Gasteiger partial charge in [0.15, 0.2) is 11.5 Å². The lowest BCUT2D eigenvalue weighted by Gasteiger charge is -2.38. The van der Waals surface area contributed by atoms with Gasteiger partial charge >= 0.3 is 0 Å². The van der Waals surface area contributed by atoms with Crippen molar-refractivity contribution < 1.29 is 23.7 Å². The third-order valence-electron chi connectivity index (χ3n) is 5.75. The second kappa shape index (κ2) is 9.86. The average Bonchev–Trinajstić information content (AvgIpc) is 2.84. The third kappa shape index (κ3) is 4.33. The van der Waals surface area contributed by atoms with Crippen LogP contribution < -0.4 is 23.8 Å². The van der Waals surface area contributed by atoms with E-state index in [2.05, 4.69) is 0 Å². The van der Waals surface area contributed by atoms with Crippen LogP contribution in [0.25, 0.3) is 0 Å². The number of carbonyl (C=O) groups is 1. The Morgan fingerprint density at radius 2 is 1.48 bits per heavy atom. The van der Waals surface area contributed by atoms with Crippen molar-refractivity contribution in [1.29, 1.82) is 0 Å². The lowest BCUT2D eigenvalue weighted by atomic mass is 9.86. The second-order valence-corrected chi connectivity index (χ2v) is 7.65. The lowest BCUT2D eigenvalue weighted by molar-refractivity contribution is -0.118. The van der Waals surface area contributed by atoms with Crippen LogP contribution in [0.15, 0.2) is 60.7 Å². The largest absolute Gasteiger partial charge is 0.497 e. The molecule has 0 aliphatic carbocycles. The van der Waals surface area contributed by atoms with Crippen molar-refractivity contribution in [3.8, 4) is 23.0 Å². The smallest absolute Gasteiger partial charge is 0.232 e. The first-order valence-electron chi connectivity index (χ1n) is 11.1. The Labute approximate surface area is 194 Å². The molecule has 1 unspecified atom stereocenters. The van der Waals surface area contributed by atoms with E-state index in [1.165, 1.54) is 0 Å². The van der Waals surface area contributed by atoms with Gasteiger partial charge in [0.2, 0.25) is 5.91 Å². The summed E-state index contributed by atoms with van der Waals surface area (Å²) in [6.07, 6.45) is 0.263. The van der Waals surface area contributed by atoms with Gasteiger partial charge in [-0.05, 0) is 67.4 Å². The maximum Gasteiger partial charge on any atom is 0.232 e. The van der Waals surface area contributed by atoms with E-state index in [1.807, 2.05) is 79.4 Å². The molecule has 3 aromatic carbocycles. The predicted molar refractivity (Wildman–Crippen MR) is 128 cm³/mol. The highest BCUT2D eigenvalue weighted by atomic mass is 16.5. The Bertz CT molecular complexity index is 1130.